The normalized spacial score (nSPS) is 18.5. The van der Waals surface area contributed by atoms with Crippen molar-refractivity contribution < 1.29 is 28.0 Å². The van der Waals surface area contributed by atoms with Crippen LogP contribution in [0, 0.1) is 18.8 Å². The second-order valence-corrected chi connectivity index (χ2v) is 10.8. The molecule has 3 aromatic rings. The Hall–Kier alpha value is -3.54. The molecule has 0 radical (unpaired) electrons. The number of aryl methyl sites for hydroxylation is 1. The maximum atomic E-state index is 12.9. The van der Waals surface area contributed by atoms with Crippen molar-refractivity contribution in [3.8, 4) is 5.75 Å². The van der Waals surface area contributed by atoms with E-state index in [1.165, 1.54) is 0 Å². The first-order valence-corrected chi connectivity index (χ1v) is 13.3. The molecule has 1 aromatic heterocycles. The topological polar surface area (TPSA) is 138 Å². The lowest BCUT2D eigenvalue weighted by Gasteiger charge is -2.35. The van der Waals surface area contributed by atoms with E-state index >= 15 is 0 Å². The standard InChI is InChI=1S/C25H28N4O6S/c1-16-13-17(20-5-3-4-6-23(20)26-16)15-35-19-9-7-18(8-10-19)27-24(30)21-11-12-29(36(2,33)34)14-22(21)25(31)28-32/h3-10,13,21-22,32H,11-12,14-15H2,1-2H3,(H,27,30)(H,28,31)/t21?,22-/m0/s1. The molecular weight excluding hydrogens is 484 g/mol. The van der Waals surface area contributed by atoms with E-state index < -0.39 is 33.7 Å². The van der Waals surface area contributed by atoms with Gasteiger partial charge < -0.3 is 10.1 Å². The Labute approximate surface area is 209 Å². The number of hydrogen-bond acceptors (Lipinski definition) is 7. The number of nitrogens with one attached hydrogen (secondary N) is 2. The number of sulfonamides is 1. The molecule has 2 atom stereocenters. The number of hydrogen-bond donors (Lipinski definition) is 3. The van der Waals surface area contributed by atoms with E-state index in [1.54, 1.807) is 29.7 Å². The van der Waals surface area contributed by atoms with Gasteiger partial charge in [0.2, 0.25) is 21.8 Å². The predicted molar refractivity (Wildman–Crippen MR) is 134 cm³/mol. The van der Waals surface area contributed by atoms with E-state index in [0.29, 0.717) is 18.0 Å². The number of hydroxylamine groups is 1. The fourth-order valence-electron chi connectivity index (χ4n) is 4.43. The zero-order chi connectivity index (χ0) is 25.9. The number of carbonyl (C=O) groups excluding carboxylic acids is 2. The van der Waals surface area contributed by atoms with Crippen LogP contribution in [0.2, 0.25) is 0 Å². The first-order chi connectivity index (χ1) is 17.2. The molecule has 1 fully saturated rings. The number of ether oxygens (including phenoxy) is 1. The third-order valence-corrected chi connectivity index (χ3v) is 7.54. The summed E-state index contributed by atoms with van der Waals surface area (Å²) in [5, 5.41) is 12.9. The number of amides is 2. The Morgan fingerprint density at radius 3 is 2.53 bits per heavy atom. The third kappa shape index (κ3) is 5.81. The molecular formula is C25H28N4O6S. The van der Waals surface area contributed by atoms with Gasteiger partial charge in [-0.05, 0) is 49.7 Å². The van der Waals surface area contributed by atoms with Gasteiger partial charge in [-0.3, -0.25) is 19.8 Å². The van der Waals surface area contributed by atoms with Crippen molar-refractivity contribution in [1.82, 2.24) is 14.8 Å². The van der Waals surface area contributed by atoms with Crippen LogP contribution >= 0.6 is 0 Å². The number of rotatable bonds is 7. The van der Waals surface area contributed by atoms with E-state index in [9.17, 15) is 18.0 Å². The highest BCUT2D eigenvalue weighted by Gasteiger charge is 2.41. The van der Waals surface area contributed by atoms with E-state index in [-0.39, 0.29) is 19.5 Å². The number of fused-ring (bicyclic) bond motifs is 1. The fourth-order valence-corrected chi connectivity index (χ4v) is 5.30. The van der Waals surface area contributed by atoms with Gasteiger partial charge >= 0.3 is 0 Å². The van der Waals surface area contributed by atoms with Gasteiger partial charge in [-0.15, -0.1) is 0 Å². The quantitative estimate of drug-likeness (QED) is 0.327. The molecule has 36 heavy (non-hydrogen) atoms. The van der Waals surface area contributed by atoms with Crippen LogP contribution in [0.25, 0.3) is 10.9 Å². The Kier molecular flexibility index (Phi) is 7.53. The Bertz CT molecular complexity index is 1380. The van der Waals surface area contributed by atoms with Crippen LogP contribution in [0.1, 0.15) is 17.7 Å². The van der Waals surface area contributed by atoms with E-state index in [1.807, 2.05) is 37.3 Å². The number of carbonyl (C=O) groups is 2. The summed E-state index contributed by atoms with van der Waals surface area (Å²) in [7, 11) is -3.53. The molecule has 3 N–H and O–H groups in total. The van der Waals surface area contributed by atoms with Gasteiger partial charge in [-0.2, -0.15) is 0 Å². The first-order valence-electron chi connectivity index (χ1n) is 11.4. The van der Waals surface area contributed by atoms with Gasteiger partial charge in [0.25, 0.3) is 0 Å². The van der Waals surface area contributed by atoms with Crippen LogP contribution in [-0.4, -0.2) is 54.1 Å². The number of aromatic nitrogens is 1. The number of piperidine rings is 1. The molecule has 2 heterocycles. The molecule has 0 saturated carbocycles. The van der Waals surface area contributed by atoms with E-state index in [0.717, 1.165) is 32.7 Å². The summed E-state index contributed by atoms with van der Waals surface area (Å²) in [6.07, 6.45) is 1.20. The van der Waals surface area contributed by atoms with Gasteiger partial charge in [0.15, 0.2) is 0 Å². The minimum atomic E-state index is -3.53. The summed E-state index contributed by atoms with van der Waals surface area (Å²) in [6.45, 7) is 2.22. The van der Waals surface area contributed by atoms with Gasteiger partial charge in [0.05, 0.1) is 23.6 Å². The number of pyridine rings is 1. The average Bonchev–Trinajstić information content (AvgIpc) is 2.86. The van der Waals surface area contributed by atoms with Crippen LogP contribution in [-0.2, 0) is 26.2 Å². The number of nitrogens with zero attached hydrogens (tertiary/aromatic N) is 2. The number of para-hydroxylation sites is 1. The molecule has 190 valence electrons. The van der Waals surface area contributed by atoms with E-state index in [2.05, 4.69) is 10.3 Å². The molecule has 1 saturated heterocycles. The van der Waals surface area contributed by atoms with Gasteiger partial charge in [0.1, 0.15) is 12.4 Å². The third-order valence-electron chi connectivity index (χ3n) is 6.27. The van der Waals surface area contributed by atoms with Crippen LogP contribution in [0.5, 0.6) is 5.75 Å². The van der Waals surface area contributed by atoms with Crippen molar-refractivity contribution in [2.45, 2.75) is 20.0 Å². The molecule has 0 aliphatic carbocycles. The van der Waals surface area contributed by atoms with Crippen molar-refractivity contribution in [2.24, 2.45) is 11.8 Å². The summed E-state index contributed by atoms with van der Waals surface area (Å²) in [5.41, 5.74) is 4.88. The Balaban J connectivity index is 1.41. The minimum absolute atomic E-state index is 0.113. The average molecular weight is 513 g/mol. The summed E-state index contributed by atoms with van der Waals surface area (Å²) in [5.74, 6) is -2.42. The molecule has 11 heteroatoms. The molecule has 10 nitrogen and oxygen atoms in total. The smallest absolute Gasteiger partial charge is 0.248 e. The highest BCUT2D eigenvalue weighted by Crippen LogP contribution is 2.28. The minimum Gasteiger partial charge on any atom is -0.489 e. The lowest BCUT2D eigenvalue weighted by Crippen LogP contribution is -2.51. The lowest BCUT2D eigenvalue weighted by atomic mass is 9.85. The Morgan fingerprint density at radius 2 is 1.83 bits per heavy atom. The van der Waals surface area contributed by atoms with Crippen molar-refractivity contribution in [2.75, 3.05) is 24.7 Å². The molecule has 1 aliphatic rings. The SMILES string of the molecule is Cc1cc(COc2ccc(NC(=O)C3CCN(S(C)(=O)=O)C[C@@H]3C(=O)NO)cc2)c2ccccc2n1. The number of benzene rings is 2. The first kappa shape index (κ1) is 25.5. The second kappa shape index (κ2) is 10.6. The van der Waals surface area contributed by atoms with Gasteiger partial charge in [-0.25, -0.2) is 18.2 Å². The predicted octanol–water partition coefficient (Wildman–Crippen LogP) is 2.46. The lowest BCUT2D eigenvalue weighted by molar-refractivity contribution is -0.140. The zero-order valence-corrected chi connectivity index (χ0v) is 20.8. The second-order valence-electron chi connectivity index (χ2n) is 8.84. The summed E-state index contributed by atoms with van der Waals surface area (Å²) in [4.78, 5) is 29.6. The molecule has 1 aliphatic heterocycles. The van der Waals surface area contributed by atoms with Crippen molar-refractivity contribution in [1.29, 1.82) is 0 Å². The zero-order valence-electron chi connectivity index (χ0n) is 20.0. The highest BCUT2D eigenvalue weighted by atomic mass is 32.2. The molecule has 1 unspecified atom stereocenters. The number of anilines is 1. The monoisotopic (exact) mass is 512 g/mol. The summed E-state index contributed by atoms with van der Waals surface area (Å²) >= 11 is 0. The maximum absolute atomic E-state index is 12.9. The fraction of sp³-hybridized carbons (Fsp3) is 0.320. The van der Waals surface area contributed by atoms with Crippen LogP contribution in [0.15, 0.2) is 54.6 Å². The van der Waals surface area contributed by atoms with Crippen molar-refractivity contribution in [3.05, 3.63) is 65.9 Å². The van der Waals surface area contributed by atoms with Crippen molar-refractivity contribution >= 4 is 38.4 Å². The summed E-state index contributed by atoms with van der Waals surface area (Å²) < 4.78 is 30.9. The van der Waals surface area contributed by atoms with Crippen molar-refractivity contribution in [3.63, 3.8) is 0 Å². The Morgan fingerprint density at radius 1 is 1.11 bits per heavy atom. The largest absolute Gasteiger partial charge is 0.489 e. The van der Waals surface area contributed by atoms with Crippen LogP contribution < -0.4 is 15.5 Å². The molecule has 2 amide bonds. The van der Waals surface area contributed by atoms with Crippen LogP contribution in [0.4, 0.5) is 5.69 Å². The van der Waals surface area contributed by atoms with Crippen LogP contribution in [0.3, 0.4) is 0 Å². The molecule has 2 aromatic carbocycles. The maximum Gasteiger partial charge on any atom is 0.248 e. The summed E-state index contributed by atoms with van der Waals surface area (Å²) in [6, 6.07) is 16.7. The van der Waals surface area contributed by atoms with Gasteiger partial charge in [-0.1, -0.05) is 18.2 Å². The molecule has 0 spiro atoms. The molecule has 0 bridgehead atoms. The molecule has 4 rings (SSSR count). The van der Waals surface area contributed by atoms with E-state index in [4.69, 9.17) is 9.94 Å². The van der Waals surface area contributed by atoms with Gasteiger partial charge in [0, 0.05) is 35.4 Å². The highest BCUT2D eigenvalue weighted by molar-refractivity contribution is 7.88.